The molecular formula is C13H25ClN2O. The summed E-state index contributed by atoms with van der Waals surface area (Å²) in [6, 6.07) is 0.608. The molecule has 1 saturated carbocycles. The van der Waals surface area contributed by atoms with Crippen molar-refractivity contribution in [1.29, 1.82) is 0 Å². The van der Waals surface area contributed by atoms with Gasteiger partial charge in [-0.15, -0.1) is 11.6 Å². The number of rotatable bonds is 4. The Bertz CT molecular complexity index is 227. The Morgan fingerprint density at radius 3 is 2.94 bits per heavy atom. The molecule has 100 valence electrons. The summed E-state index contributed by atoms with van der Waals surface area (Å²) in [6.07, 6.45) is 5.60. The third kappa shape index (κ3) is 4.09. The summed E-state index contributed by atoms with van der Waals surface area (Å²) in [4.78, 5) is 2.34. The molecule has 0 spiro atoms. The van der Waals surface area contributed by atoms with E-state index in [0.29, 0.717) is 18.1 Å². The van der Waals surface area contributed by atoms with E-state index in [1.54, 1.807) is 0 Å². The zero-order chi connectivity index (χ0) is 12.1. The van der Waals surface area contributed by atoms with Crippen LogP contribution in [0, 0.1) is 5.92 Å². The second kappa shape index (κ2) is 6.93. The van der Waals surface area contributed by atoms with Crippen molar-refractivity contribution < 1.29 is 4.74 Å². The summed E-state index contributed by atoms with van der Waals surface area (Å²) >= 11 is 6.04. The van der Waals surface area contributed by atoms with E-state index >= 15 is 0 Å². The summed E-state index contributed by atoms with van der Waals surface area (Å²) in [6.45, 7) is 3.95. The Balaban J connectivity index is 1.72. The number of ether oxygens (including phenoxy) is 1. The van der Waals surface area contributed by atoms with E-state index in [2.05, 4.69) is 17.3 Å². The molecule has 2 aliphatic rings. The van der Waals surface area contributed by atoms with Gasteiger partial charge in [0.1, 0.15) is 0 Å². The Hall–Kier alpha value is 0.170. The average molecular weight is 261 g/mol. The highest BCUT2D eigenvalue weighted by Gasteiger charge is 2.25. The van der Waals surface area contributed by atoms with Gasteiger partial charge >= 0.3 is 0 Å². The molecule has 1 heterocycles. The molecule has 0 aromatic rings. The van der Waals surface area contributed by atoms with Gasteiger partial charge in [0.2, 0.25) is 0 Å². The molecule has 1 saturated heterocycles. The molecule has 2 fully saturated rings. The Kier molecular flexibility index (Phi) is 5.54. The van der Waals surface area contributed by atoms with Gasteiger partial charge in [-0.25, -0.2) is 0 Å². The van der Waals surface area contributed by atoms with Gasteiger partial charge in [0.25, 0.3) is 0 Å². The number of hydrogen-bond acceptors (Lipinski definition) is 3. The highest BCUT2D eigenvalue weighted by atomic mass is 35.5. The molecule has 1 aliphatic carbocycles. The van der Waals surface area contributed by atoms with Gasteiger partial charge in [-0.3, -0.25) is 0 Å². The van der Waals surface area contributed by atoms with Crippen LogP contribution < -0.4 is 5.32 Å². The van der Waals surface area contributed by atoms with Crippen LogP contribution in [-0.2, 0) is 4.74 Å². The zero-order valence-electron chi connectivity index (χ0n) is 10.8. The van der Waals surface area contributed by atoms with Gasteiger partial charge in [-0.2, -0.15) is 0 Å². The molecule has 1 N–H and O–H groups in total. The van der Waals surface area contributed by atoms with Gasteiger partial charge in [0.05, 0.1) is 12.7 Å². The molecular weight excluding hydrogens is 236 g/mol. The highest BCUT2D eigenvalue weighted by Crippen LogP contribution is 2.25. The third-order valence-electron chi connectivity index (χ3n) is 4.06. The molecule has 2 rings (SSSR count). The van der Waals surface area contributed by atoms with Crippen molar-refractivity contribution in [3.63, 3.8) is 0 Å². The predicted molar refractivity (Wildman–Crippen MR) is 71.7 cm³/mol. The summed E-state index contributed by atoms with van der Waals surface area (Å²) < 4.78 is 5.77. The minimum Gasteiger partial charge on any atom is -0.374 e. The number of hydrogen-bond donors (Lipinski definition) is 1. The largest absolute Gasteiger partial charge is 0.374 e. The van der Waals surface area contributed by atoms with Gasteiger partial charge in [0, 0.05) is 31.6 Å². The number of nitrogens with zero attached hydrogens (tertiary/aromatic N) is 1. The van der Waals surface area contributed by atoms with Crippen molar-refractivity contribution in [2.45, 2.75) is 37.8 Å². The van der Waals surface area contributed by atoms with E-state index in [1.165, 1.54) is 25.7 Å². The first-order valence-electron chi connectivity index (χ1n) is 6.89. The lowest BCUT2D eigenvalue weighted by molar-refractivity contribution is -0.0205. The first-order valence-corrected chi connectivity index (χ1v) is 7.42. The number of nitrogens with one attached hydrogen (secondary N) is 1. The van der Waals surface area contributed by atoms with Crippen LogP contribution in [0.1, 0.15) is 25.7 Å². The summed E-state index contributed by atoms with van der Waals surface area (Å²) in [5.41, 5.74) is 0. The molecule has 3 nitrogen and oxygen atoms in total. The molecule has 0 radical (unpaired) electrons. The molecule has 4 heteroatoms. The van der Waals surface area contributed by atoms with E-state index < -0.39 is 0 Å². The lowest BCUT2D eigenvalue weighted by atomic mass is 9.85. The van der Waals surface area contributed by atoms with Crippen molar-refractivity contribution in [2.24, 2.45) is 5.92 Å². The van der Waals surface area contributed by atoms with Gasteiger partial charge in [-0.1, -0.05) is 12.8 Å². The Morgan fingerprint density at radius 2 is 2.18 bits per heavy atom. The normalized spacial score (nSPS) is 36.0. The van der Waals surface area contributed by atoms with Crippen LogP contribution in [0.2, 0.25) is 0 Å². The van der Waals surface area contributed by atoms with Crippen molar-refractivity contribution in [3.8, 4) is 0 Å². The monoisotopic (exact) mass is 260 g/mol. The fourth-order valence-electron chi connectivity index (χ4n) is 2.93. The minimum absolute atomic E-state index is 0.353. The van der Waals surface area contributed by atoms with Gasteiger partial charge < -0.3 is 15.0 Å². The number of alkyl halides is 1. The molecule has 17 heavy (non-hydrogen) atoms. The average Bonchev–Trinajstić information content (AvgIpc) is 2.37. The zero-order valence-corrected chi connectivity index (χ0v) is 11.6. The standard InChI is InChI=1S/C13H25ClN2O/c1-16-6-7-17-12(10-16)9-15-13-5-3-2-4-11(13)8-14/h11-13,15H,2-10H2,1H3. The van der Waals surface area contributed by atoms with Crippen LogP contribution in [0.15, 0.2) is 0 Å². The SMILES string of the molecule is CN1CCOC(CNC2CCCCC2CCl)C1. The minimum atomic E-state index is 0.353. The first-order chi connectivity index (χ1) is 8.29. The summed E-state index contributed by atoms with van der Waals surface area (Å²) in [5.74, 6) is 1.45. The van der Waals surface area contributed by atoms with Gasteiger partial charge in [0.15, 0.2) is 0 Å². The van der Waals surface area contributed by atoms with E-state index in [9.17, 15) is 0 Å². The number of halogens is 1. The highest BCUT2D eigenvalue weighted by molar-refractivity contribution is 6.18. The Morgan fingerprint density at radius 1 is 1.35 bits per heavy atom. The maximum atomic E-state index is 6.04. The molecule has 0 bridgehead atoms. The van der Waals surface area contributed by atoms with Crippen molar-refractivity contribution in [2.75, 3.05) is 39.2 Å². The molecule has 3 atom stereocenters. The van der Waals surface area contributed by atoms with E-state index in [0.717, 1.165) is 32.1 Å². The number of likely N-dealkylation sites (N-methyl/N-ethyl adjacent to an activating group) is 1. The topological polar surface area (TPSA) is 24.5 Å². The van der Waals surface area contributed by atoms with Crippen LogP contribution in [0.3, 0.4) is 0 Å². The summed E-state index contributed by atoms with van der Waals surface area (Å²) in [7, 11) is 2.16. The second-order valence-electron chi connectivity index (χ2n) is 5.47. The van der Waals surface area contributed by atoms with Crippen LogP contribution in [0.25, 0.3) is 0 Å². The van der Waals surface area contributed by atoms with Gasteiger partial charge in [-0.05, 0) is 25.8 Å². The van der Waals surface area contributed by atoms with E-state index in [-0.39, 0.29) is 0 Å². The lowest BCUT2D eigenvalue weighted by Gasteiger charge is -2.35. The van der Waals surface area contributed by atoms with Crippen LogP contribution in [0.4, 0.5) is 0 Å². The molecule has 1 aliphatic heterocycles. The van der Waals surface area contributed by atoms with Crippen molar-refractivity contribution >= 4 is 11.6 Å². The first kappa shape index (κ1) is 13.6. The maximum absolute atomic E-state index is 6.04. The van der Waals surface area contributed by atoms with Crippen molar-refractivity contribution in [1.82, 2.24) is 10.2 Å². The van der Waals surface area contributed by atoms with Crippen molar-refractivity contribution in [3.05, 3.63) is 0 Å². The van der Waals surface area contributed by atoms with Crippen LogP contribution in [0.5, 0.6) is 0 Å². The third-order valence-corrected chi connectivity index (χ3v) is 4.45. The van der Waals surface area contributed by atoms with Crippen LogP contribution in [-0.4, -0.2) is 56.2 Å². The van der Waals surface area contributed by atoms with E-state index in [1.807, 2.05) is 0 Å². The quantitative estimate of drug-likeness (QED) is 0.779. The smallest absolute Gasteiger partial charge is 0.0826 e. The molecule has 0 aromatic carbocycles. The van der Waals surface area contributed by atoms with Crippen LogP contribution >= 0.6 is 11.6 Å². The fourth-order valence-corrected chi connectivity index (χ4v) is 3.30. The number of morpholine rings is 1. The molecule has 0 amide bonds. The molecule has 0 aromatic heterocycles. The second-order valence-corrected chi connectivity index (χ2v) is 5.78. The summed E-state index contributed by atoms with van der Waals surface area (Å²) in [5, 5.41) is 3.68. The molecule has 3 unspecified atom stereocenters. The Labute approximate surface area is 110 Å². The predicted octanol–water partition coefficient (Wildman–Crippen LogP) is 1.70. The fraction of sp³-hybridized carbons (Fsp3) is 1.00. The maximum Gasteiger partial charge on any atom is 0.0826 e. The van der Waals surface area contributed by atoms with E-state index in [4.69, 9.17) is 16.3 Å². The lowest BCUT2D eigenvalue weighted by Crippen LogP contribution is -2.49.